The van der Waals surface area contributed by atoms with Crippen LogP contribution in [0.25, 0.3) is 0 Å². The monoisotopic (exact) mass is 505 g/mol. The normalized spacial score (nSPS) is 30.1. The minimum absolute atomic E-state index is 0. The number of pyridine rings is 1. The van der Waals surface area contributed by atoms with Crippen LogP contribution in [0.5, 0.6) is 0 Å². The summed E-state index contributed by atoms with van der Waals surface area (Å²) in [6.07, 6.45) is 2.85. The Morgan fingerprint density at radius 1 is 1.26 bits per heavy atom. The molecule has 0 spiro atoms. The Labute approximate surface area is 183 Å². The molecule has 7 nitrogen and oxygen atoms in total. The molecule has 9 heteroatoms. The zero-order valence-corrected chi connectivity index (χ0v) is 18.9. The van der Waals surface area contributed by atoms with Crippen molar-refractivity contribution in [2.75, 3.05) is 64.3 Å². The first-order valence-corrected chi connectivity index (χ1v) is 9.90. The maximum absolute atomic E-state index is 6.28. The quantitative estimate of drug-likeness (QED) is 0.363. The second kappa shape index (κ2) is 9.58. The Kier molecular flexibility index (Phi) is 7.41. The third-order valence-corrected chi connectivity index (χ3v) is 5.98. The highest BCUT2D eigenvalue weighted by Crippen LogP contribution is 2.25. The lowest BCUT2D eigenvalue weighted by Crippen LogP contribution is -2.64. The van der Waals surface area contributed by atoms with Gasteiger partial charge in [0.25, 0.3) is 0 Å². The second-order valence-corrected chi connectivity index (χ2v) is 7.74. The van der Waals surface area contributed by atoms with Crippen LogP contribution in [-0.2, 0) is 0 Å². The summed E-state index contributed by atoms with van der Waals surface area (Å²) in [4.78, 5) is 16.2. The van der Waals surface area contributed by atoms with Gasteiger partial charge in [0.15, 0.2) is 5.96 Å². The number of rotatable bonds is 4. The summed E-state index contributed by atoms with van der Waals surface area (Å²) < 4.78 is 0. The summed E-state index contributed by atoms with van der Waals surface area (Å²) >= 11 is 6.28. The Morgan fingerprint density at radius 3 is 2.74 bits per heavy atom. The van der Waals surface area contributed by atoms with Gasteiger partial charge in [0.05, 0.1) is 5.02 Å². The average Bonchev–Trinajstić information content (AvgIpc) is 3.14. The highest BCUT2D eigenvalue weighted by molar-refractivity contribution is 14.0. The van der Waals surface area contributed by atoms with Crippen LogP contribution in [0, 0.1) is 0 Å². The molecule has 27 heavy (non-hydrogen) atoms. The highest BCUT2D eigenvalue weighted by Gasteiger charge is 2.32. The van der Waals surface area contributed by atoms with Crippen molar-refractivity contribution >= 4 is 47.4 Å². The summed E-state index contributed by atoms with van der Waals surface area (Å²) in [5, 5.41) is 7.80. The highest BCUT2D eigenvalue weighted by atomic mass is 127. The molecule has 5 rings (SSSR count). The number of hydrogen-bond acceptors (Lipinski definition) is 5. The van der Waals surface area contributed by atoms with E-state index in [1.807, 2.05) is 19.2 Å². The number of aromatic nitrogens is 1. The van der Waals surface area contributed by atoms with E-state index in [-0.39, 0.29) is 24.0 Å². The topological polar surface area (TPSA) is 59.0 Å². The van der Waals surface area contributed by atoms with E-state index in [1.54, 1.807) is 6.20 Å². The minimum atomic E-state index is 0. The first-order chi connectivity index (χ1) is 12.7. The number of aliphatic imine (C=N–C) groups is 1. The van der Waals surface area contributed by atoms with Crippen molar-refractivity contribution in [2.24, 2.45) is 4.99 Å². The fraction of sp³-hybridized carbons (Fsp3) is 0.667. The smallest absolute Gasteiger partial charge is 0.191 e. The lowest BCUT2D eigenvalue weighted by Gasteiger charge is -2.47. The standard InChI is InChI=1S/C18H28ClN7.HI/c1-20-18(22-11-15-13-24-7-9-25(15)10-8-24)23-14-4-6-26(12-14)17-16(19)3-2-5-21-17;/h2-3,5,14-15H,4,6-13H2,1H3,(H2,20,22,23);1H. The number of fused-ring (bicyclic) bond motifs is 3. The molecule has 0 amide bonds. The van der Waals surface area contributed by atoms with Gasteiger partial charge in [0, 0.05) is 77.7 Å². The number of nitrogens with zero attached hydrogens (tertiary/aromatic N) is 5. The molecule has 0 aliphatic carbocycles. The van der Waals surface area contributed by atoms with E-state index >= 15 is 0 Å². The summed E-state index contributed by atoms with van der Waals surface area (Å²) in [6, 6.07) is 4.71. The molecule has 150 valence electrons. The first-order valence-electron chi connectivity index (χ1n) is 9.52. The lowest BCUT2D eigenvalue weighted by atomic mass is 10.1. The summed E-state index contributed by atoms with van der Waals surface area (Å²) in [5.74, 6) is 1.77. The molecular weight excluding hydrogens is 477 g/mol. The summed E-state index contributed by atoms with van der Waals surface area (Å²) in [7, 11) is 1.84. The number of nitrogens with one attached hydrogen (secondary N) is 2. The van der Waals surface area contributed by atoms with Crippen LogP contribution in [0.1, 0.15) is 6.42 Å². The molecule has 0 saturated carbocycles. The van der Waals surface area contributed by atoms with Crippen molar-refractivity contribution in [3.05, 3.63) is 23.4 Å². The molecule has 5 heterocycles. The van der Waals surface area contributed by atoms with Gasteiger partial charge < -0.3 is 15.5 Å². The zero-order chi connectivity index (χ0) is 17.9. The molecule has 0 radical (unpaired) electrons. The van der Waals surface area contributed by atoms with Crippen molar-refractivity contribution in [1.82, 2.24) is 25.4 Å². The van der Waals surface area contributed by atoms with Crippen LogP contribution >= 0.6 is 35.6 Å². The predicted molar refractivity (Wildman–Crippen MR) is 122 cm³/mol. The molecule has 1 aromatic heterocycles. The minimum Gasteiger partial charge on any atom is -0.355 e. The molecule has 2 unspecified atom stereocenters. The van der Waals surface area contributed by atoms with Crippen molar-refractivity contribution in [3.63, 3.8) is 0 Å². The molecule has 4 saturated heterocycles. The predicted octanol–water partition coefficient (Wildman–Crippen LogP) is 1.10. The van der Waals surface area contributed by atoms with Crippen LogP contribution in [0.4, 0.5) is 5.82 Å². The molecular formula is C18H29ClIN7. The van der Waals surface area contributed by atoms with Crippen molar-refractivity contribution < 1.29 is 0 Å². The Bertz CT molecular complexity index is 650. The largest absolute Gasteiger partial charge is 0.355 e. The number of piperazine rings is 3. The van der Waals surface area contributed by atoms with Gasteiger partial charge in [0.2, 0.25) is 0 Å². The van der Waals surface area contributed by atoms with Gasteiger partial charge in [-0.1, -0.05) is 11.6 Å². The number of anilines is 1. The Morgan fingerprint density at radius 2 is 2.07 bits per heavy atom. The van der Waals surface area contributed by atoms with Crippen molar-refractivity contribution in [3.8, 4) is 0 Å². The Balaban J connectivity index is 0.00000210. The van der Waals surface area contributed by atoms with Gasteiger partial charge in [-0.15, -0.1) is 24.0 Å². The molecule has 2 bridgehead atoms. The molecule has 4 aliphatic rings. The van der Waals surface area contributed by atoms with E-state index in [4.69, 9.17) is 11.6 Å². The molecule has 2 N–H and O–H groups in total. The van der Waals surface area contributed by atoms with E-state index in [0.717, 1.165) is 37.8 Å². The zero-order valence-electron chi connectivity index (χ0n) is 15.8. The van der Waals surface area contributed by atoms with Gasteiger partial charge in [-0.25, -0.2) is 4.98 Å². The fourth-order valence-electron chi connectivity index (χ4n) is 4.20. The molecule has 4 fully saturated rings. The van der Waals surface area contributed by atoms with Crippen LogP contribution in [0.3, 0.4) is 0 Å². The van der Waals surface area contributed by atoms with E-state index in [9.17, 15) is 0 Å². The molecule has 4 aliphatic heterocycles. The second-order valence-electron chi connectivity index (χ2n) is 7.33. The van der Waals surface area contributed by atoms with Crippen molar-refractivity contribution in [1.29, 1.82) is 0 Å². The third kappa shape index (κ3) is 4.96. The van der Waals surface area contributed by atoms with Crippen LogP contribution in [-0.4, -0.2) is 92.2 Å². The number of hydrogen-bond donors (Lipinski definition) is 2. The summed E-state index contributed by atoms with van der Waals surface area (Å²) in [6.45, 7) is 8.78. The van der Waals surface area contributed by atoms with Gasteiger partial charge in [-0.2, -0.15) is 0 Å². The average molecular weight is 506 g/mol. The number of halogens is 2. The van der Waals surface area contributed by atoms with Crippen LogP contribution in [0.2, 0.25) is 5.02 Å². The van der Waals surface area contributed by atoms with Crippen LogP contribution in [0.15, 0.2) is 23.3 Å². The van der Waals surface area contributed by atoms with Crippen molar-refractivity contribution in [2.45, 2.75) is 18.5 Å². The van der Waals surface area contributed by atoms with Gasteiger partial charge >= 0.3 is 0 Å². The van der Waals surface area contributed by atoms with Gasteiger partial charge in [-0.05, 0) is 18.6 Å². The number of guanidine groups is 1. The van der Waals surface area contributed by atoms with Gasteiger partial charge in [-0.3, -0.25) is 14.8 Å². The van der Waals surface area contributed by atoms with E-state index in [1.165, 1.54) is 32.7 Å². The molecule has 2 atom stereocenters. The van der Waals surface area contributed by atoms with Gasteiger partial charge in [0.1, 0.15) is 5.82 Å². The van der Waals surface area contributed by atoms with E-state index < -0.39 is 0 Å². The summed E-state index contributed by atoms with van der Waals surface area (Å²) in [5.41, 5.74) is 0. The van der Waals surface area contributed by atoms with E-state index in [0.29, 0.717) is 17.1 Å². The maximum atomic E-state index is 6.28. The Hall–Kier alpha value is -0.840. The fourth-order valence-corrected chi connectivity index (χ4v) is 4.44. The molecule has 0 aromatic carbocycles. The van der Waals surface area contributed by atoms with Crippen LogP contribution < -0.4 is 15.5 Å². The maximum Gasteiger partial charge on any atom is 0.191 e. The van der Waals surface area contributed by atoms with E-state index in [2.05, 4.69) is 35.3 Å². The molecule has 1 aromatic rings. The SMILES string of the molecule is CN=C(NCC1CN2CCN1CC2)NC1CCN(c2ncccc2Cl)C1.I. The lowest BCUT2D eigenvalue weighted by molar-refractivity contribution is 0.0154. The first kappa shape index (κ1) is 20.9. The third-order valence-electron chi connectivity index (χ3n) is 5.69.